The minimum atomic E-state index is -1.38. The summed E-state index contributed by atoms with van der Waals surface area (Å²) in [5.74, 6) is -0.536. The van der Waals surface area contributed by atoms with E-state index in [4.69, 9.17) is 15.2 Å². The van der Waals surface area contributed by atoms with Crippen molar-refractivity contribution < 1.29 is 33.0 Å². The summed E-state index contributed by atoms with van der Waals surface area (Å²) in [5, 5.41) is 10.5. The zero-order chi connectivity index (χ0) is 36.8. The Kier molecular flexibility index (Phi) is 11.9. The lowest BCUT2D eigenvalue weighted by Gasteiger charge is -2.24. The first-order valence-electron chi connectivity index (χ1n) is 17.0. The predicted octanol–water partition coefficient (Wildman–Crippen LogP) is 2.92. The van der Waals surface area contributed by atoms with Crippen molar-refractivity contribution >= 4 is 56.2 Å². The number of Topliss-reactive ketones (excluding diaryl/α,β-unsaturated/α-hetero) is 1. The number of hydrogen-bond donors (Lipinski definition) is 3. The summed E-state index contributed by atoms with van der Waals surface area (Å²) in [4.78, 5) is 66.2. The Morgan fingerprint density at radius 1 is 1.04 bits per heavy atom. The molecule has 15 nitrogen and oxygen atoms in total. The number of ether oxygens (including phenoxy) is 2. The van der Waals surface area contributed by atoms with Crippen molar-refractivity contribution in [3.05, 3.63) is 64.4 Å². The molecule has 6 rings (SSSR count). The van der Waals surface area contributed by atoms with Gasteiger partial charge in [-0.05, 0) is 64.0 Å². The number of nitrogens with one attached hydrogen (secondary N) is 2. The second-order valence-electron chi connectivity index (χ2n) is 12.6. The Bertz CT molecular complexity index is 1960. The van der Waals surface area contributed by atoms with E-state index in [2.05, 4.69) is 46.6 Å². The number of halogens is 2. The predicted molar refractivity (Wildman–Crippen MR) is 191 cm³/mol. The van der Waals surface area contributed by atoms with Crippen molar-refractivity contribution in [3.63, 3.8) is 0 Å². The first-order valence-corrected chi connectivity index (χ1v) is 17.8. The van der Waals surface area contributed by atoms with Crippen LogP contribution in [-0.4, -0.2) is 105 Å². The molecule has 1 saturated carbocycles. The van der Waals surface area contributed by atoms with E-state index < -0.39 is 24.0 Å². The van der Waals surface area contributed by atoms with Crippen LogP contribution in [0.5, 0.6) is 0 Å². The third-order valence-corrected chi connectivity index (χ3v) is 9.18. The van der Waals surface area contributed by atoms with Crippen molar-refractivity contribution in [2.24, 2.45) is 5.73 Å². The molecule has 2 atom stereocenters. The fourth-order valence-electron chi connectivity index (χ4n) is 6.03. The molecule has 0 bridgehead atoms. The van der Waals surface area contributed by atoms with E-state index in [1.54, 1.807) is 30.6 Å². The standard InChI is InChI=1S/C35H39BrFN9O6/c1-20(47)33-26-12-22(23-14-39-30(40-15-23)16-41-31(48)19-52-11-10-51-9-8-38)4-6-27(26)46(44-33)18-32(49)45-17-24(37)13-28(45)35(50)43-34-25(21-2-3-21)5-7-29(36)42-34/h4-7,12,14-15,21,24,28H,2-3,8-11,13,16-19,38H2,1H3,(H,41,48)(H,42,43,50)/t24-,28+/m1/s1. The lowest BCUT2D eigenvalue weighted by atomic mass is 10.0. The molecule has 3 amide bonds. The molecule has 4 N–H and O–H groups in total. The molecular weight excluding hydrogens is 741 g/mol. The number of fused-ring (bicyclic) bond motifs is 1. The summed E-state index contributed by atoms with van der Waals surface area (Å²) < 4.78 is 27.2. The third-order valence-electron chi connectivity index (χ3n) is 8.74. The normalized spacial score (nSPS) is 17.0. The van der Waals surface area contributed by atoms with Crippen LogP contribution in [0.4, 0.5) is 10.2 Å². The highest BCUT2D eigenvalue weighted by molar-refractivity contribution is 9.10. The number of ketones is 1. The van der Waals surface area contributed by atoms with Crippen molar-refractivity contribution in [2.45, 2.75) is 57.4 Å². The lowest BCUT2D eigenvalue weighted by Crippen LogP contribution is -2.44. The van der Waals surface area contributed by atoms with Crippen LogP contribution in [0.25, 0.3) is 22.0 Å². The molecule has 1 aliphatic carbocycles. The molecule has 4 aromatic rings. The van der Waals surface area contributed by atoms with Gasteiger partial charge in [0.2, 0.25) is 17.7 Å². The molecule has 2 aliphatic rings. The zero-order valence-corrected chi connectivity index (χ0v) is 30.1. The number of amides is 3. The van der Waals surface area contributed by atoms with Gasteiger partial charge in [-0.25, -0.2) is 19.3 Å². The number of aromatic nitrogens is 5. The largest absolute Gasteiger partial charge is 0.378 e. The second-order valence-corrected chi connectivity index (χ2v) is 13.5. The number of rotatable bonds is 16. The molecule has 2 fully saturated rings. The van der Waals surface area contributed by atoms with Crippen LogP contribution < -0.4 is 16.4 Å². The van der Waals surface area contributed by atoms with E-state index in [0.29, 0.717) is 64.0 Å². The second kappa shape index (κ2) is 16.8. The molecule has 0 unspecified atom stereocenters. The third kappa shape index (κ3) is 9.01. The number of alkyl halides is 1. The van der Waals surface area contributed by atoms with Crippen molar-refractivity contribution in [1.82, 2.24) is 34.9 Å². The van der Waals surface area contributed by atoms with Crippen LogP contribution in [0, 0.1) is 0 Å². The first-order chi connectivity index (χ1) is 25.1. The van der Waals surface area contributed by atoms with E-state index in [9.17, 15) is 23.6 Å². The minimum Gasteiger partial charge on any atom is -0.378 e. The summed E-state index contributed by atoms with van der Waals surface area (Å²) in [5.41, 5.74) is 8.29. The fourth-order valence-corrected chi connectivity index (χ4v) is 6.34. The van der Waals surface area contributed by atoms with E-state index in [-0.39, 0.29) is 56.7 Å². The maximum absolute atomic E-state index is 14.8. The number of carbonyl (C=O) groups is 4. The molecule has 17 heteroatoms. The Hall–Kier alpha value is -4.71. The Morgan fingerprint density at radius 2 is 1.81 bits per heavy atom. The number of likely N-dealkylation sites (tertiary alicyclic amines) is 1. The number of carbonyl (C=O) groups excluding carboxylic acids is 4. The molecule has 52 heavy (non-hydrogen) atoms. The molecule has 0 radical (unpaired) electrons. The van der Waals surface area contributed by atoms with E-state index >= 15 is 0 Å². The Balaban J connectivity index is 1.11. The van der Waals surface area contributed by atoms with Gasteiger partial charge >= 0.3 is 0 Å². The van der Waals surface area contributed by atoms with E-state index in [1.807, 2.05) is 12.1 Å². The molecule has 4 heterocycles. The van der Waals surface area contributed by atoms with Gasteiger partial charge in [-0.1, -0.05) is 12.1 Å². The Morgan fingerprint density at radius 3 is 2.54 bits per heavy atom. The van der Waals surface area contributed by atoms with Gasteiger partial charge < -0.3 is 30.7 Å². The molecule has 0 spiro atoms. The molecule has 274 valence electrons. The zero-order valence-electron chi connectivity index (χ0n) is 28.5. The number of nitrogens with two attached hydrogens (primary N) is 1. The summed E-state index contributed by atoms with van der Waals surface area (Å²) in [6.45, 7) is 2.28. The SMILES string of the molecule is CC(=O)c1nn(CC(=O)N2C[C@H](F)C[C@H]2C(=O)Nc2nc(Br)ccc2C2CC2)c2ccc(-c3cnc(CNC(=O)COCCOCCN)nc3)cc12. The van der Waals surface area contributed by atoms with Crippen LogP contribution in [0.15, 0.2) is 47.3 Å². The van der Waals surface area contributed by atoms with Crippen LogP contribution in [0.2, 0.25) is 0 Å². The molecule has 1 saturated heterocycles. The number of benzene rings is 1. The van der Waals surface area contributed by atoms with Crippen LogP contribution in [0.3, 0.4) is 0 Å². The number of nitrogens with zero attached hydrogens (tertiary/aromatic N) is 6. The van der Waals surface area contributed by atoms with Gasteiger partial charge in [-0.15, -0.1) is 0 Å². The van der Waals surface area contributed by atoms with Gasteiger partial charge in [0.1, 0.15) is 47.3 Å². The maximum atomic E-state index is 14.8. The van der Waals surface area contributed by atoms with Crippen molar-refractivity contribution in [3.8, 4) is 11.1 Å². The fraction of sp³-hybridized carbons (Fsp3) is 0.429. The van der Waals surface area contributed by atoms with Gasteiger partial charge in [-0.2, -0.15) is 5.10 Å². The monoisotopic (exact) mass is 779 g/mol. The molecule has 3 aromatic heterocycles. The van der Waals surface area contributed by atoms with Gasteiger partial charge in [0.05, 0.1) is 38.4 Å². The lowest BCUT2D eigenvalue weighted by molar-refractivity contribution is -0.137. The summed E-state index contributed by atoms with van der Waals surface area (Å²) in [6, 6.07) is 7.98. The molecule has 1 aliphatic heterocycles. The quantitative estimate of drug-likeness (QED) is 0.0860. The number of anilines is 1. The topological polar surface area (TPSA) is 197 Å². The maximum Gasteiger partial charge on any atom is 0.248 e. The van der Waals surface area contributed by atoms with Gasteiger partial charge in [0, 0.05) is 43.2 Å². The van der Waals surface area contributed by atoms with E-state index in [0.717, 1.165) is 18.4 Å². The highest BCUT2D eigenvalue weighted by atomic mass is 79.9. The average molecular weight is 781 g/mol. The molecule has 1 aromatic carbocycles. The number of pyridine rings is 1. The van der Waals surface area contributed by atoms with Crippen LogP contribution in [0.1, 0.15) is 54.0 Å². The van der Waals surface area contributed by atoms with Gasteiger partial charge in [-0.3, -0.25) is 23.9 Å². The van der Waals surface area contributed by atoms with Crippen LogP contribution in [-0.2, 0) is 36.9 Å². The highest BCUT2D eigenvalue weighted by Crippen LogP contribution is 2.43. The van der Waals surface area contributed by atoms with Crippen molar-refractivity contribution in [2.75, 3.05) is 44.8 Å². The van der Waals surface area contributed by atoms with Crippen molar-refractivity contribution in [1.29, 1.82) is 0 Å². The van der Waals surface area contributed by atoms with Crippen LogP contribution >= 0.6 is 15.9 Å². The summed E-state index contributed by atoms with van der Waals surface area (Å²) in [6.07, 6.45) is 3.69. The number of hydrogen-bond acceptors (Lipinski definition) is 11. The Labute approximate surface area is 307 Å². The van der Waals surface area contributed by atoms with Gasteiger partial charge in [0.15, 0.2) is 5.78 Å². The van der Waals surface area contributed by atoms with E-state index in [1.165, 1.54) is 16.5 Å². The van der Waals surface area contributed by atoms with Gasteiger partial charge in [0.25, 0.3) is 0 Å². The molecular formula is C35H39BrFN9O6. The summed E-state index contributed by atoms with van der Waals surface area (Å²) >= 11 is 3.35. The smallest absolute Gasteiger partial charge is 0.248 e. The minimum absolute atomic E-state index is 0.103. The summed E-state index contributed by atoms with van der Waals surface area (Å²) in [7, 11) is 0. The highest BCUT2D eigenvalue weighted by Gasteiger charge is 2.41. The first kappa shape index (κ1) is 37.1. The average Bonchev–Trinajstić information content (AvgIpc) is 3.80.